The topological polar surface area (TPSA) is 84.0 Å². The summed E-state index contributed by atoms with van der Waals surface area (Å²) in [7, 11) is -2.92. The summed E-state index contributed by atoms with van der Waals surface area (Å²) in [6, 6.07) is 7.24. The van der Waals surface area contributed by atoms with Gasteiger partial charge in [0.15, 0.2) is 9.84 Å². The van der Waals surface area contributed by atoms with Gasteiger partial charge >= 0.3 is 0 Å². The van der Waals surface area contributed by atoms with Crippen molar-refractivity contribution in [2.45, 2.75) is 19.4 Å². The van der Waals surface area contributed by atoms with Crippen LogP contribution in [0.3, 0.4) is 0 Å². The number of hydrogen-bond donors (Lipinski definition) is 2. The van der Waals surface area contributed by atoms with Crippen molar-refractivity contribution in [1.82, 2.24) is 9.97 Å². The van der Waals surface area contributed by atoms with Gasteiger partial charge in [-0.3, -0.25) is 0 Å². The van der Waals surface area contributed by atoms with Gasteiger partial charge in [-0.2, -0.15) is 4.98 Å². The van der Waals surface area contributed by atoms with Crippen molar-refractivity contribution in [3.05, 3.63) is 41.0 Å². The molecule has 0 radical (unpaired) electrons. The molecule has 2 heterocycles. The van der Waals surface area contributed by atoms with Crippen LogP contribution in [0.2, 0.25) is 5.02 Å². The van der Waals surface area contributed by atoms with E-state index in [1.165, 1.54) is 0 Å². The van der Waals surface area contributed by atoms with E-state index in [2.05, 4.69) is 20.6 Å². The zero-order valence-electron chi connectivity index (χ0n) is 12.6. The lowest BCUT2D eigenvalue weighted by Crippen LogP contribution is -2.21. The van der Waals surface area contributed by atoms with Crippen LogP contribution in [0.4, 0.5) is 17.5 Å². The maximum atomic E-state index is 11.5. The monoisotopic (exact) mass is 352 g/mol. The highest BCUT2D eigenvalue weighted by Crippen LogP contribution is 2.22. The van der Waals surface area contributed by atoms with E-state index < -0.39 is 9.84 Å². The number of anilines is 3. The minimum absolute atomic E-state index is 0.100. The largest absolute Gasteiger partial charge is 0.366 e. The van der Waals surface area contributed by atoms with Crippen LogP contribution in [0.15, 0.2) is 30.5 Å². The van der Waals surface area contributed by atoms with Crippen LogP contribution < -0.4 is 10.6 Å². The number of sulfone groups is 1. The molecule has 0 amide bonds. The molecule has 6 nitrogen and oxygen atoms in total. The predicted molar refractivity (Wildman–Crippen MR) is 92.2 cm³/mol. The minimum Gasteiger partial charge on any atom is -0.366 e. The van der Waals surface area contributed by atoms with E-state index in [0.29, 0.717) is 23.2 Å². The third-order valence-corrected chi connectivity index (χ3v) is 5.84. The molecule has 0 spiro atoms. The van der Waals surface area contributed by atoms with Crippen LogP contribution >= 0.6 is 11.6 Å². The van der Waals surface area contributed by atoms with E-state index in [4.69, 9.17) is 11.6 Å². The second-order valence-electron chi connectivity index (χ2n) is 5.60. The van der Waals surface area contributed by atoms with E-state index in [1.807, 2.05) is 25.1 Å². The summed E-state index contributed by atoms with van der Waals surface area (Å²) in [4.78, 5) is 8.53. The molecule has 0 bridgehead atoms. The first kappa shape index (κ1) is 16.0. The number of benzene rings is 1. The molecule has 1 aliphatic heterocycles. The highest BCUT2D eigenvalue weighted by molar-refractivity contribution is 7.91. The van der Waals surface area contributed by atoms with Crippen LogP contribution in [0.1, 0.15) is 12.0 Å². The number of aromatic nitrogens is 2. The van der Waals surface area contributed by atoms with Crippen LogP contribution in [0.5, 0.6) is 0 Å². The fraction of sp³-hybridized carbons (Fsp3) is 0.333. The Morgan fingerprint density at radius 2 is 2.13 bits per heavy atom. The van der Waals surface area contributed by atoms with E-state index in [0.717, 1.165) is 11.3 Å². The maximum Gasteiger partial charge on any atom is 0.229 e. The Balaban J connectivity index is 1.71. The average molecular weight is 353 g/mol. The molecule has 1 aromatic carbocycles. The van der Waals surface area contributed by atoms with Crippen molar-refractivity contribution in [1.29, 1.82) is 0 Å². The van der Waals surface area contributed by atoms with Crippen molar-refractivity contribution >= 4 is 38.9 Å². The van der Waals surface area contributed by atoms with E-state index >= 15 is 0 Å². The molecule has 2 aromatic rings. The number of aryl methyl sites for hydroxylation is 1. The van der Waals surface area contributed by atoms with E-state index in [-0.39, 0.29) is 17.5 Å². The highest BCUT2D eigenvalue weighted by atomic mass is 35.5. The van der Waals surface area contributed by atoms with Gasteiger partial charge < -0.3 is 10.6 Å². The fourth-order valence-corrected chi connectivity index (χ4v) is 4.27. The second kappa shape index (κ2) is 6.33. The van der Waals surface area contributed by atoms with Crippen LogP contribution in [0, 0.1) is 6.92 Å². The lowest BCUT2D eigenvalue weighted by Gasteiger charge is -2.12. The van der Waals surface area contributed by atoms with Gasteiger partial charge in [0.05, 0.1) is 11.5 Å². The van der Waals surface area contributed by atoms with Crippen LogP contribution in [0.25, 0.3) is 0 Å². The number of rotatable bonds is 4. The van der Waals surface area contributed by atoms with Gasteiger partial charge in [-0.1, -0.05) is 17.7 Å². The third kappa shape index (κ3) is 4.11. The first-order valence-corrected chi connectivity index (χ1v) is 9.44. The summed E-state index contributed by atoms with van der Waals surface area (Å²) in [5, 5.41) is 6.90. The SMILES string of the molecule is Cc1ccc(Nc2nccc(NC3CCS(=O)(=O)C3)n2)cc1Cl. The summed E-state index contributed by atoms with van der Waals surface area (Å²) in [6.07, 6.45) is 2.22. The van der Waals surface area contributed by atoms with E-state index in [1.54, 1.807) is 12.3 Å². The zero-order chi connectivity index (χ0) is 16.4. The van der Waals surface area contributed by atoms with Crippen molar-refractivity contribution in [3.8, 4) is 0 Å². The molecular formula is C15H17ClN4O2S. The molecule has 1 atom stereocenters. The van der Waals surface area contributed by atoms with Gasteiger partial charge in [-0.15, -0.1) is 0 Å². The van der Waals surface area contributed by atoms with Crippen LogP contribution in [-0.4, -0.2) is 35.9 Å². The van der Waals surface area contributed by atoms with Gasteiger partial charge in [0.2, 0.25) is 5.95 Å². The standard InChI is InChI=1S/C15H17ClN4O2S/c1-10-2-3-11(8-13(10)16)19-15-17-6-4-14(20-15)18-12-5-7-23(21,22)9-12/h2-4,6,8,12H,5,7,9H2,1H3,(H2,17,18,19,20). The maximum absolute atomic E-state index is 11.5. The average Bonchev–Trinajstić information content (AvgIpc) is 2.82. The summed E-state index contributed by atoms with van der Waals surface area (Å²) in [5.74, 6) is 1.40. The molecule has 0 saturated carbocycles. The molecule has 1 aliphatic rings. The molecule has 1 unspecified atom stereocenters. The summed E-state index contributed by atoms with van der Waals surface area (Å²) >= 11 is 6.10. The Morgan fingerprint density at radius 1 is 1.30 bits per heavy atom. The first-order valence-electron chi connectivity index (χ1n) is 7.24. The van der Waals surface area contributed by atoms with Gasteiger partial charge in [-0.05, 0) is 37.1 Å². The number of nitrogens with zero attached hydrogens (tertiary/aromatic N) is 2. The molecule has 2 N–H and O–H groups in total. The number of nitrogens with one attached hydrogen (secondary N) is 2. The predicted octanol–water partition coefficient (Wildman–Crippen LogP) is 2.78. The summed E-state index contributed by atoms with van der Waals surface area (Å²) < 4.78 is 23.0. The third-order valence-electron chi connectivity index (χ3n) is 3.67. The Hall–Kier alpha value is -1.86. The Morgan fingerprint density at radius 3 is 2.83 bits per heavy atom. The van der Waals surface area contributed by atoms with Crippen LogP contribution in [-0.2, 0) is 9.84 Å². The van der Waals surface area contributed by atoms with Crippen molar-refractivity contribution in [2.24, 2.45) is 0 Å². The van der Waals surface area contributed by atoms with Gasteiger partial charge in [-0.25, -0.2) is 13.4 Å². The van der Waals surface area contributed by atoms with Crippen molar-refractivity contribution < 1.29 is 8.42 Å². The smallest absolute Gasteiger partial charge is 0.229 e. The Kier molecular flexibility index (Phi) is 4.41. The van der Waals surface area contributed by atoms with E-state index in [9.17, 15) is 8.42 Å². The second-order valence-corrected chi connectivity index (χ2v) is 8.23. The number of halogens is 1. The molecule has 0 aliphatic carbocycles. The molecular weight excluding hydrogens is 336 g/mol. The minimum atomic E-state index is -2.92. The quantitative estimate of drug-likeness (QED) is 0.880. The molecule has 1 fully saturated rings. The van der Waals surface area contributed by atoms with Crippen molar-refractivity contribution in [3.63, 3.8) is 0 Å². The molecule has 3 rings (SSSR count). The molecule has 23 heavy (non-hydrogen) atoms. The lowest BCUT2D eigenvalue weighted by molar-refractivity contribution is 0.602. The molecule has 8 heteroatoms. The van der Waals surface area contributed by atoms with Crippen molar-refractivity contribution in [2.75, 3.05) is 22.1 Å². The van der Waals surface area contributed by atoms with Gasteiger partial charge in [0, 0.05) is 22.9 Å². The number of hydrogen-bond acceptors (Lipinski definition) is 6. The first-order chi connectivity index (χ1) is 10.9. The van der Waals surface area contributed by atoms with Gasteiger partial charge in [0.25, 0.3) is 0 Å². The fourth-order valence-electron chi connectivity index (χ4n) is 2.42. The molecule has 1 aromatic heterocycles. The Bertz CT molecular complexity index is 826. The molecule has 122 valence electrons. The normalized spacial score (nSPS) is 19.5. The summed E-state index contributed by atoms with van der Waals surface area (Å²) in [5.41, 5.74) is 1.79. The van der Waals surface area contributed by atoms with Gasteiger partial charge in [0.1, 0.15) is 5.82 Å². The zero-order valence-corrected chi connectivity index (χ0v) is 14.2. The Labute approximate surface area is 140 Å². The highest BCUT2D eigenvalue weighted by Gasteiger charge is 2.27. The lowest BCUT2D eigenvalue weighted by atomic mass is 10.2. The molecule has 1 saturated heterocycles. The summed E-state index contributed by atoms with van der Waals surface area (Å²) in [6.45, 7) is 1.93.